The van der Waals surface area contributed by atoms with E-state index in [1.165, 1.54) is 11.8 Å². The third-order valence-electron chi connectivity index (χ3n) is 3.31. The van der Waals surface area contributed by atoms with Crippen molar-refractivity contribution in [3.05, 3.63) is 71.5 Å². The van der Waals surface area contributed by atoms with Crippen LogP contribution in [0.3, 0.4) is 0 Å². The molecule has 0 unspecified atom stereocenters. The normalized spacial score (nSPS) is 10.8. The molecule has 0 atom stereocenters. The summed E-state index contributed by atoms with van der Waals surface area (Å²) in [5, 5.41) is 9.73. The molecule has 1 heterocycles. The van der Waals surface area contributed by atoms with Gasteiger partial charge in [0.2, 0.25) is 0 Å². The molecule has 1 N–H and O–H groups in total. The van der Waals surface area contributed by atoms with E-state index in [4.69, 9.17) is 9.52 Å². The van der Waals surface area contributed by atoms with Crippen LogP contribution in [0.25, 0.3) is 11.0 Å². The van der Waals surface area contributed by atoms with Crippen LogP contribution in [-0.4, -0.2) is 11.1 Å². The first kappa shape index (κ1) is 12.5. The van der Waals surface area contributed by atoms with Gasteiger partial charge in [0.05, 0.1) is 12.7 Å². The summed E-state index contributed by atoms with van der Waals surface area (Å²) in [5.74, 6) is -0.846. The summed E-state index contributed by atoms with van der Waals surface area (Å²) in [7, 11) is 0. The number of furan rings is 1. The monoisotopic (exact) mass is 266 g/mol. The lowest BCUT2D eigenvalue weighted by molar-refractivity contribution is -0.136. The Balaban J connectivity index is 1.90. The van der Waals surface area contributed by atoms with Gasteiger partial charge in [0.25, 0.3) is 0 Å². The highest BCUT2D eigenvalue weighted by Crippen LogP contribution is 2.24. The van der Waals surface area contributed by atoms with Crippen LogP contribution in [0.15, 0.2) is 59.2 Å². The van der Waals surface area contributed by atoms with Crippen molar-refractivity contribution in [2.75, 3.05) is 0 Å². The molecule has 0 radical (unpaired) electrons. The van der Waals surface area contributed by atoms with E-state index >= 15 is 0 Å². The maximum atomic E-state index is 10.8. The molecule has 0 bridgehead atoms. The third-order valence-corrected chi connectivity index (χ3v) is 3.31. The number of hydrogen-bond acceptors (Lipinski definition) is 2. The van der Waals surface area contributed by atoms with Crippen LogP contribution in [0.1, 0.15) is 16.7 Å². The number of hydrogen-bond donors (Lipinski definition) is 1. The number of carboxylic acid groups (broad SMARTS) is 1. The van der Waals surface area contributed by atoms with Gasteiger partial charge in [-0.05, 0) is 23.6 Å². The summed E-state index contributed by atoms with van der Waals surface area (Å²) in [6.45, 7) is 0. The Morgan fingerprint density at radius 3 is 2.60 bits per heavy atom. The molecule has 2 aromatic carbocycles. The number of benzene rings is 2. The highest BCUT2D eigenvalue weighted by atomic mass is 16.4. The van der Waals surface area contributed by atoms with Crippen LogP contribution in [0, 0.1) is 0 Å². The predicted molar refractivity (Wildman–Crippen MR) is 76.8 cm³/mol. The van der Waals surface area contributed by atoms with Crippen molar-refractivity contribution in [2.45, 2.75) is 12.8 Å². The molecule has 3 heteroatoms. The second-order valence-electron chi connectivity index (χ2n) is 4.82. The van der Waals surface area contributed by atoms with Crippen LogP contribution < -0.4 is 0 Å². The summed E-state index contributed by atoms with van der Waals surface area (Å²) in [6, 6.07) is 16.2. The predicted octanol–water partition coefficient (Wildman–Crippen LogP) is 3.65. The van der Waals surface area contributed by atoms with Crippen molar-refractivity contribution in [1.82, 2.24) is 0 Å². The number of rotatable bonds is 4. The van der Waals surface area contributed by atoms with Gasteiger partial charge >= 0.3 is 5.97 Å². The molecule has 3 aromatic rings. The maximum Gasteiger partial charge on any atom is 0.307 e. The molecule has 3 nitrogen and oxygen atoms in total. The van der Waals surface area contributed by atoms with E-state index in [9.17, 15) is 4.79 Å². The Morgan fingerprint density at radius 1 is 1.05 bits per heavy atom. The van der Waals surface area contributed by atoms with Gasteiger partial charge in [0, 0.05) is 10.9 Å². The number of fused-ring (bicyclic) bond motifs is 1. The minimum atomic E-state index is -0.846. The first-order valence-corrected chi connectivity index (χ1v) is 6.47. The van der Waals surface area contributed by atoms with E-state index in [1.54, 1.807) is 0 Å². The smallest absolute Gasteiger partial charge is 0.307 e. The Hall–Kier alpha value is -2.55. The molecule has 20 heavy (non-hydrogen) atoms. The van der Waals surface area contributed by atoms with E-state index in [0.29, 0.717) is 0 Å². The fourth-order valence-electron chi connectivity index (χ4n) is 2.37. The quantitative estimate of drug-likeness (QED) is 0.784. The second-order valence-corrected chi connectivity index (χ2v) is 4.82. The minimum Gasteiger partial charge on any atom is -0.481 e. The van der Waals surface area contributed by atoms with Crippen LogP contribution in [0.5, 0.6) is 0 Å². The average molecular weight is 266 g/mol. The lowest BCUT2D eigenvalue weighted by Gasteiger charge is -2.02. The van der Waals surface area contributed by atoms with Gasteiger partial charge in [0.15, 0.2) is 0 Å². The Bertz CT molecular complexity index is 741. The Kier molecular flexibility index (Phi) is 3.25. The van der Waals surface area contributed by atoms with Gasteiger partial charge in [0.1, 0.15) is 5.58 Å². The van der Waals surface area contributed by atoms with Crippen molar-refractivity contribution in [1.29, 1.82) is 0 Å². The van der Waals surface area contributed by atoms with E-state index in [1.807, 2.05) is 36.4 Å². The van der Waals surface area contributed by atoms with Crippen LogP contribution >= 0.6 is 0 Å². The van der Waals surface area contributed by atoms with Crippen molar-refractivity contribution < 1.29 is 14.3 Å². The summed E-state index contributed by atoms with van der Waals surface area (Å²) in [5.41, 5.74) is 3.86. The van der Waals surface area contributed by atoms with E-state index in [0.717, 1.165) is 28.5 Å². The fraction of sp³-hybridized carbons (Fsp3) is 0.118. The molecule has 0 amide bonds. The van der Waals surface area contributed by atoms with Crippen LogP contribution in [0.2, 0.25) is 0 Å². The molecule has 0 saturated heterocycles. The highest BCUT2D eigenvalue weighted by Gasteiger charge is 2.10. The molecule has 0 aliphatic carbocycles. The number of aliphatic carboxylic acids is 1. The van der Waals surface area contributed by atoms with Gasteiger partial charge in [-0.25, -0.2) is 0 Å². The molecule has 0 aliphatic rings. The number of carboxylic acids is 1. The lowest BCUT2D eigenvalue weighted by Crippen LogP contribution is -1.98. The van der Waals surface area contributed by atoms with E-state index in [2.05, 4.69) is 12.1 Å². The van der Waals surface area contributed by atoms with Gasteiger partial charge < -0.3 is 9.52 Å². The molecule has 0 spiro atoms. The summed E-state index contributed by atoms with van der Waals surface area (Å²) < 4.78 is 5.46. The molecule has 100 valence electrons. The van der Waals surface area contributed by atoms with E-state index in [-0.39, 0.29) is 6.42 Å². The molecule has 1 aromatic heterocycles. The summed E-state index contributed by atoms with van der Waals surface area (Å²) in [6.07, 6.45) is 2.36. The highest BCUT2D eigenvalue weighted by molar-refractivity contribution is 5.85. The van der Waals surface area contributed by atoms with Crippen molar-refractivity contribution >= 4 is 16.9 Å². The first-order valence-electron chi connectivity index (χ1n) is 6.47. The van der Waals surface area contributed by atoms with Gasteiger partial charge in [-0.3, -0.25) is 4.79 Å². The maximum absolute atomic E-state index is 10.8. The van der Waals surface area contributed by atoms with Crippen molar-refractivity contribution in [2.24, 2.45) is 0 Å². The molecule has 0 saturated carbocycles. The topological polar surface area (TPSA) is 50.4 Å². The molecule has 3 rings (SSSR count). The van der Waals surface area contributed by atoms with Gasteiger partial charge in [-0.15, -0.1) is 0 Å². The molecular weight excluding hydrogens is 252 g/mol. The summed E-state index contributed by atoms with van der Waals surface area (Å²) >= 11 is 0. The standard InChI is InChI=1S/C17H14O3/c18-17(19)10-14-11-20-16-9-13(6-7-15(14)16)8-12-4-2-1-3-5-12/h1-7,9,11H,8,10H2,(H,18,19). The minimum absolute atomic E-state index is 0.00890. The zero-order valence-electron chi connectivity index (χ0n) is 10.9. The number of carbonyl (C=O) groups is 1. The molecule has 0 aliphatic heterocycles. The van der Waals surface area contributed by atoms with E-state index < -0.39 is 5.97 Å². The molecule has 0 fully saturated rings. The zero-order valence-corrected chi connectivity index (χ0v) is 10.9. The van der Waals surface area contributed by atoms with Gasteiger partial charge in [-0.1, -0.05) is 42.5 Å². The first-order chi connectivity index (χ1) is 9.72. The SMILES string of the molecule is O=C(O)Cc1coc2cc(Cc3ccccc3)ccc12. The summed E-state index contributed by atoms with van der Waals surface area (Å²) in [4.78, 5) is 10.8. The third kappa shape index (κ3) is 2.57. The van der Waals surface area contributed by atoms with Crippen LogP contribution in [0.4, 0.5) is 0 Å². The largest absolute Gasteiger partial charge is 0.481 e. The molecular formula is C17H14O3. The lowest BCUT2D eigenvalue weighted by atomic mass is 10.0. The second kappa shape index (κ2) is 5.21. The van der Waals surface area contributed by atoms with Gasteiger partial charge in [-0.2, -0.15) is 0 Å². The fourth-order valence-corrected chi connectivity index (χ4v) is 2.37. The van der Waals surface area contributed by atoms with Crippen molar-refractivity contribution in [3.63, 3.8) is 0 Å². The average Bonchev–Trinajstić information content (AvgIpc) is 2.82. The Morgan fingerprint density at radius 2 is 1.85 bits per heavy atom. The Labute approximate surface area is 116 Å². The van der Waals surface area contributed by atoms with Crippen LogP contribution in [-0.2, 0) is 17.6 Å². The zero-order chi connectivity index (χ0) is 13.9. The van der Waals surface area contributed by atoms with Crippen molar-refractivity contribution in [3.8, 4) is 0 Å².